The number of aryl methyl sites for hydroxylation is 1. The highest BCUT2D eigenvalue weighted by Crippen LogP contribution is 2.32. The molecule has 7 nitrogen and oxygen atoms in total. The molecule has 0 saturated heterocycles. The van der Waals surface area contributed by atoms with Crippen molar-refractivity contribution >= 4 is 27.3 Å². The van der Waals surface area contributed by atoms with E-state index in [2.05, 4.69) is 4.72 Å². The van der Waals surface area contributed by atoms with E-state index < -0.39 is 10.0 Å². The Morgan fingerprint density at radius 2 is 1.73 bits per heavy atom. The summed E-state index contributed by atoms with van der Waals surface area (Å²) in [6.45, 7) is 0. The zero-order valence-corrected chi connectivity index (χ0v) is 15.6. The molecule has 0 radical (unpaired) electrons. The molecule has 8 heteroatoms. The molecule has 1 heterocycles. The summed E-state index contributed by atoms with van der Waals surface area (Å²) in [4.78, 5) is 13.4. The molecule has 0 aliphatic carbocycles. The highest BCUT2D eigenvalue weighted by molar-refractivity contribution is 7.92. The number of benzene rings is 2. The van der Waals surface area contributed by atoms with Crippen molar-refractivity contribution in [2.75, 3.05) is 30.9 Å². The molecular weight excluding hydrogens is 356 g/mol. The van der Waals surface area contributed by atoms with Gasteiger partial charge in [-0.25, -0.2) is 8.42 Å². The Morgan fingerprint density at radius 3 is 2.42 bits per heavy atom. The third kappa shape index (κ3) is 3.32. The van der Waals surface area contributed by atoms with E-state index in [0.29, 0.717) is 30.0 Å². The highest BCUT2D eigenvalue weighted by Gasteiger charge is 2.22. The van der Waals surface area contributed by atoms with Gasteiger partial charge in [-0.15, -0.1) is 0 Å². The molecule has 0 saturated carbocycles. The lowest BCUT2D eigenvalue weighted by Crippen LogP contribution is -2.31. The minimum absolute atomic E-state index is 0.0520. The van der Waals surface area contributed by atoms with E-state index >= 15 is 0 Å². The van der Waals surface area contributed by atoms with Gasteiger partial charge in [0.15, 0.2) is 11.5 Å². The molecule has 1 amide bonds. The first kappa shape index (κ1) is 18.1. The Bertz CT molecular complexity index is 956. The summed E-state index contributed by atoms with van der Waals surface area (Å²) in [7, 11) is 0.861. The van der Waals surface area contributed by atoms with Crippen LogP contribution in [0.25, 0.3) is 0 Å². The minimum atomic E-state index is -3.79. The van der Waals surface area contributed by atoms with Gasteiger partial charge in [-0.3, -0.25) is 9.52 Å². The van der Waals surface area contributed by atoms with Gasteiger partial charge < -0.3 is 14.4 Å². The predicted molar refractivity (Wildman–Crippen MR) is 98.5 cm³/mol. The molecule has 0 bridgehead atoms. The lowest BCUT2D eigenvalue weighted by Gasteiger charge is -2.26. The van der Waals surface area contributed by atoms with Crippen LogP contribution in [0.15, 0.2) is 41.3 Å². The quantitative estimate of drug-likeness (QED) is 0.866. The smallest absolute Gasteiger partial charge is 0.262 e. The van der Waals surface area contributed by atoms with Crippen molar-refractivity contribution < 1.29 is 22.7 Å². The van der Waals surface area contributed by atoms with Crippen molar-refractivity contribution in [3.63, 3.8) is 0 Å². The van der Waals surface area contributed by atoms with Crippen molar-refractivity contribution in [3.05, 3.63) is 42.0 Å². The van der Waals surface area contributed by atoms with Crippen LogP contribution in [0.5, 0.6) is 11.5 Å². The molecule has 1 N–H and O–H groups in total. The number of sulfonamides is 1. The molecule has 0 spiro atoms. The molecule has 0 fully saturated rings. The Morgan fingerprint density at radius 1 is 1.00 bits per heavy atom. The van der Waals surface area contributed by atoms with Gasteiger partial charge in [-0.05, 0) is 42.3 Å². The summed E-state index contributed by atoms with van der Waals surface area (Å²) in [6.07, 6.45) is 1.000. The highest BCUT2D eigenvalue weighted by atomic mass is 32.2. The molecule has 2 aromatic carbocycles. The number of nitrogens with zero attached hydrogens (tertiary/aromatic N) is 1. The number of anilines is 2. The van der Waals surface area contributed by atoms with Crippen LogP contribution in [0.1, 0.15) is 12.0 Å². The number of amides is 1. The fraction of sp³-hybridized carbons (Fsp3) is 0.278. The largest absolute Gasteiger partial charge is 0.493 e. The summed E-state index contributed by atoms with van der Waals surface area (Å²) in [6, 6.07) is 9.56. The number of fused-ring (bicyclic) bond motifs is 1. The van der Waals surface area contributed by atoms with Crippen molar-refractivity contribution in [2.24, 2.45) is 0 Å². The number of hydrogen-bond acceptors (Lipinski definition) is 5. The van der Waals surface area contributed by atoms with Crippen LogP contribution in [0.3, 0.4) is 0 Å². The zero-order valence-electron chi connectivity index (χ0n) is 14.8. The number of carbonyl (C=O) groups excluding carboxylic acids is 1. The van der Waals surface area contributed by atoms with Crippen LogP contribution in [0.2, 0.25) is 0 Å². The van der Waals surface area contributed by atoms with Crippen LogP contribution >= 0.6 is 0 Å². The Kier molecular flexibility index (Phi) is 4.78. The van der Waals surface area contributed by atoms with Gasteiger partial charge in [-0.1, -0.05) is 0 Å². The van der Waals surface area contributed by atoms with E-state index in [1.54, 1.807) is 36.2 Å². The SMILES string of the molecule is COc1ccc(S(=O)(=O)Nc2ccc3c(c2)CCC(=O)N3C)cc1OC. The number of nitrogens with one attached hydrogen (secondary N) is 1. The van der Waals surface area contributed by atoms with Gasteiger partial charge >= 0.3 is 0 Å². The minimum Gasteiger partial charge on any atom is -0.493 e. The fourth-order valence-corrected chi connectivity index (χ4v) is 3.98. The number of methoxy groups -OCH3 is 2. The van der Waals surface area contributed by atoms with E-state index in [1.807, 2.05) is 0 Å². The first-order chi connectivity index (χ1) is 12.4. The van der Waals surface area contributed by atoms with Gasteiger partial charge in [-0.2, -0.15) is 0 Å². The second-order valence-corrected chi connectivity index (χ2v) is 7.60. The lowest BCUT2D eigenvalue weighted by atomic mass is 10.0. The molecular formula is C18H20N2O5S. The topological polar surface area (TPSA) is 84.9 Å². The molecule has 0 unspecified atom stereocenters. The molecule has 26 heavy (non-hydrogen) atoms. The monoisotopic (exact) mass is 376 g/mol. The first-order valence-corrected chi connectivity index (χ1v) is 9.48. The molecule has 1 aliphatic rings. The van der Waals surface area contributed by atoms with Crippen molar-refractivity contribution in [3.8, 4) is 11.5 Å². The van der Waals surface area contributed by atoms with Gasteiger partial charge in [0.1, 0.15) is 0 Å². The molecule has 0 aromatic heterocycles. The summed E-state index contributed by atoms with van der Waals surface area (Å²) >= 11 is 0. The summed E-state index contributed by atoms with van der Waals surface area (Å²) in [5, 5.41) is 0. The third-order valence-corrected chi connectivity index (χ3v) is 5.72. The molecule has 0 atom stereocenters. The summed E-state index contributed by atoms with van der Waals surface area (Å²) in [5.74, 6) is 0.838. The average Bonchev–Trinajstić information content (AvgIpc) is 2.64. The van der Waals surface area contributed by atoms with E-state index in [1.165, 1.54) is 26.4 Å². The maximum absolute atomic E-state index is 12.7. The summed E-state index contributed by atoms with van der Waals surface area (Å²) in [5.41, 5.74) is 2.18. The third-order valence-electron chi connectivity index (χ3n) is 4.34. The first-order valence-electron chi connectivity index (χ1n) is 8.00. The van der Waals surface area contributed by atoms with E-state index in [4.69, 9.17) is 9.47 Å². The number of hydrogen-bond donors (Lipinski definition) is 1. The van der Waals surface area contributed by atoms with Crippen molar-refractivity contribution in [2.45, 2.75) is 17.7 Å². The van der Waals surface area contributed by atoms with Gasteiger partial charge in [0.05, 0.1) is 19.1 Å². The second-order valence-electron chi connectivity index (χ2n) is 5.92. The average molecular weight is 376 g/mol. The molecule has 3 rings (SSSR count). The van der Waals surface area contributed by atoms with E-state index in [0.717, 1.165) is 11.3 Å². The second kappa shape index (κ2) is 6.87. The molecule has 1 aliphatic heterocycles. The van der Waals surface area contributed by atoms with E-state index in [9.17, 15) is 13.2 Å². The van der Waals surface area contributed by atoms with Crippen LogP contribution in [-0.2, 0) is 21.2 Å². The normalized spacial score (nSPS) is 14.0. The molecule has 2 aromatic rings. The maximum Gasteiger partial charge on any atom is 0.262 e. The van der Waals surface area contributed by atoms with Crippen LogP contribution < -0.4 is 19.1 Å². The van der Waals surface area contributed by atoms with Crippen LogP contribution in [0, 0.1) is 0 Å². The Labute approximate surface area is 152 Å². The van der Waals surface area contributed by atoms with E-state index in [-0.39, 0.29) is 10.8 Å². The molecule has 138 valence electrons. The van der Waals surface area contributed by atoms with Gasteiger partial charge in [0.2, 0.25) is 5.91 Å². The fourth-order valence-electron chi connectivity index (χ4n) is 2.92. The lowest BCUT2D eigenvalue weighted by molar-refractivity contribution is -0.118. The van der Waals surface area contributed by atoms with Crippen LogP contribution in [0.4, 0.5) is 11.4 Å². The van der Waals surface area contributed by atoms with Crippen LogP contribution in [-0.4, -0.2) is 35.6 Å². The zero-order chi connectivity index (χ0) is 18.9. The maximum atomic E-state index is 12.7. The predicted octanol–water partition coefficient (Wildman–Crippen LogP) is 2.41. The van der Waals surface area contributed by atoms with Gasteiger partial charge in [0.25, 0.3) is 10.0 Å². The van der Waals surface area contributed by atoms with Crippen molar-refractivity contribution in [1.82, 2.24) is 0 Å². The Hall–Kier alpha value is -2.74. The number of ether oxygens (including phenoxy) is 2. The number of carbonyl (C=O) groups is 1. The van der Waals surface area contributed by atoms with Gasteiger partial charge in [0, 0.05) is 30.9 Å². The number of rotatable bonds is 5. The van der Waals surface area contributed by atoms with Crippen molar-refractivity contribution in [1.29, 1.82) is 0 Å². The Balaban J connectivity index is 1.90. The standard InChI is InChI=1S/C18H20N2O5S/c1-20-15-7-5-13(10-12(15)4-9-18(20)21)19-26(22,23)14-6-8-16(24-2)17(11-14)25-3/h5-8,10-11,19H,4,9H2,1-3H3. The summed E-state index contributed by atoms with van der Waals surface area (Å²) < 4.78 is 38.2.